The van der Waals surface area contributed by atoms with Crippen LogP contribution in [0.1, 0.15) is 17.5 Å². The van der Waals surface area contributed by atoms with E-state index in [1.54, 1.807) is 13.1 Å². The van der Waals surface area contributed by atoms with Crippen LogP contribution in [-0.4, -0.2) is 21.7 Å². The molecule has 0 unspecified atom stereocenters. The maximum Gasteiger partial charge on any atom is 0.227 e. The summed E-state index contributed by atoms with van der Waals surface area (Å²) in [6.07, 6.45) is 3.82. The Morgan fingerprint density at radius 1 is 1.47 bits per heavy atom. The van der Waals surface area contributed by atoms with Gasteiger partial charge in [-0.25, -0.2) is 4.98 Å². The van der Waals surface area contributed by atoms with Gasteiger partial charge in [0.2, 0.25) is 5.89 Å². The fourth-order valence-electron chi connectivity index (χ4n) is 1.18. The van der Waals surface area contributed by atoms with Crippen molar-refractivity contribution < 1.29 is 8.94 Å². The Bertz CT molecular complexity index is 396. The largest absolute Gasteiger partial charge is 0.447 e. The molecule has 6 heteroatoms. The van der Waals surface area contributed by atoms with Crippen LogP contribution in [0.15, 0.2) is 21.5 Å². The van der Waals surface area contributed by atoms with Crippen molar-refractivity contribution in [3.8, 4) is 0 Å². The Labute approximate surface area is 86.7 Å². The molecule has 0 radical (unpaired) electrons. The maximum atomic E-state index is 5.06. The van der Waals surface area contributed by atoms with Crippen molar-refractivity contribution in [2.24, 2.45) is 0 Å². The summed E-state index contributed by atoms with van der Waals surface area (Å²) in [5, 5.41) is 6.89. The summed E-state index contributed by atoms with van der Waals surface area (Å²) >= 11 is 0. The minimum atomic E-state index is 0.651. The van der Waals surface area contributed by atoms with E-state index in [0.29, 0.717) is 18.3 Å². The molecular weight excluding hydrogens is 196 g/mol. The standard InChI is InChI=1S/C9H12N4O2/c1-7-12-9(15-13-7)2-3-10-4-8-5-11-6-14-8/h5-6,10H,2-4H2,1H3. The molecule has 2 heterocycles. The topological polar surface area (TPSA) is 77.0 Å². The van der Waals surface area contributed by atoms with E-state index in [-0.39, 0.29) is 0 Å². The predicted molar refractivity (Wildman–Crippen MR) is 50.9 cm³/mol. The van der Waals surface area contributed by atoms with Crippen LogP contribution in [0.3, 0.4) is 0 Å². The summed E-state index contributed by atoms with van der Waals surface area (Å²) in [5.74, 6) is 2.13. The monoisotopic (exact) mass is 208 g/mol. The van der Waals surface area contributed by atoms with Crippen LogP contribution in [0.4, 0.5) is 0 Å². The average molecular weight is 208 g/mol. The molecule has 0 aliphatic rings. The molecular formula is C9H12N4O2. The minimum absolute atomic E-state index is 0.651. The third-order valence-electron chi connectivity index (χ3n) is 1.87. The van der Waals surface area contributed by atoms with Crippen LogP contribution in [0.2, 0.25) is 0 Å². The van der Waals surface area contributed by atoms with Crippen LogP contribution >= 0.6 is 0 Å². The van der Waals surface area contributed by atoms with Gasteiger partial charge in [0.1, 0.15) is 5.76 Å². The molecule has 0 atom stereocenters. The average Bonchev–Trinajstić information content (AvgIpc) is 2.84. The van der Waals surface area contributed by atoms with Crippen molar-refractivity contribution in [1.82, 2.24) is 20.4 Å². The van der Waals surface area contributed by atoms with E-state index in [9.17, 15) is 0 Å². The van der Waals surface area contributed by atoms with E-state index >= 15 is 0 Å². The van der Waals surface area contributed by atoms with Gasteiger partial charge in [-0.1, -0.05) is 5.16 Å². The quantitative estimate of drug-likeness (QED) is 0.729. The molecule has 0 saturated heterocycles. The molecule has 2 rings (SSSR count). The molecule has 0 aliphatic carbocycles. The van der Waals surface area contributed by atoms with Gasteiger partial charge in [-0.15, -0.1) is 0 Å². The first-order valence-electron chi connectivity index (χ1n) is 4.72. The molecule has 6 nitrogen and oxygen atoms in total. The highest BCUT2D eigenvalue weighted by atomic mass is 16.5. The van der Waals surface area contributed by atoms with E-state index in [0.717, 1.165) is 18.7 Å². The van der Waals surface area contributed by atoms with E-state index in [1.165, 1.54) is 6.39 Å². The maximum absolute atomic E-state index is 5.06. The summed E-state index contributed by atoms with van der Waals surface area (Å²) < 4.78 is 10.0. The summed E-state index contributed by atoms with van der Waals surface area (Å²) in [4.78, 5) is 7.91. The van der Waals surface area contributed by atoms with E-state index in [1.807, 2.05) is 0 Å². The lowest BCUT2D eigenvalue weighted by atomic mass is 10.4. The summed E-state index contributed by atoms with van der Waals surface area (Å²) in [7, 11) is 0. The number of nitrogens with one attached hydrogen (secondary N) is 1. The second-order valence-corrected chi connectivity index (χ2v) is 3.13. The van der Waals surface area contributed by atoms with E-state index in [2.05, 4.69) is 20.4 Å². The van der Waals surface area contributed by atoms with Crippen molar-refractivity contribution in [2.45, 2.75) is 19.9 Å². The second-order valence-electron chi connectivity index (χ2n) is 3.13. The molecule has 80 valence electrons. The zero-order valence-corrected chi connectivity index (χ0v) is 8.43. The molecule has 2 aromatic rings. The Kier molecular flexibility index (Phi) is 3.08. The molecule has 0 aliphatic heterocycles. The van der Waals surface area contributed by atoms with Crippen molar-refractivity contribution in [1.29, 1.82) is 0 Å². The van der Waals surface area contributed by atoms with E-state index in [4.69, 9.17) is 8.94 Å². The number of aryl methyl sites for hydroxylation is 1. The van der Waals surface area contributed by atoms with Gasteiger partial charge in [-0.3, -0.25) is 0 Å². The zero-order chi connectivity index (χ0) is 10.5. The lowest BCUT2D eigenvalue weighted by Crippen LogP contribution is -2.16. The molecule has 0 spiro atoms. The SMILES string of the molecule is Cc1noc(CCNCc2cnco2)n1. The van der Waals surface area contributed by atoms with Crippen LogP contribution in [0.25, 0.3) is 0 Å². The van der Waals surface area contributed by atoms with Crippen molar-refractivity contribution in [3.05, 3.63) is 30.1 Å². The van der Waals surface area contributed by atoms with Crippen molar-refractivity contribution in [3.63, 3.8) is 0 Å². The number of hydrogen-bond donors (Lipinski definition) is 1. The molecule has 2 aromatic heterocycles. The third-order valence-corrected chi connectivity index (χ3v) is 1.87. The molecule has 0 aromatic carbocycles. The normalized spacial score (nSPS) is 10.7. The number of nitrogens with zero attached hydrogens (tertiary/aromatic N) is 3. The van der Waals surface area contributed by atoms with Gasteiger partial charge in [0.25, 0.3) is 0 Å². The van der Waals surface area contributed by atoms with Crippen molar-refractivity contribution >= 4 is 0 Å². The Balaban J connectivity index is 1.67. The highest BCUT2D eigenvalue weighted by molar-refractivity contribution is 4.88. The predicted octanol–water partition coefficient (Wildman–Crippen LogP) is 0.698. The summed E-state index contributed by atoms with van der Waals surface area (Å²) in [6.45, 7) is 3.23. The van der Waals surface area contributed by atoms with Gasteiger partial charge >= 0.3 is 0 Å². The highest BCUT2D eigenvalue weighted by Gasteiger charge is 2.02. The minimum Gasteiger partial charge on any atom is -0.447 e. The Hall–Kier alpha value is -1.69. The molecule has 1 N–H and O–H groups in total. The van der Waals surface area contributed by atoms with Gasteiger partial charge in [0.15, 0.2) is 12.2 Å². The van der Waals surface area contributed by atoms with Crippen LogP contribution in [0, 0.1) is 6.92 Å². The lowest BCUT2D eigenvalue weighted by molar-refractivity contribution is 0.371. The lowest BCUT2D eigenvalue weighted by Gasteiger charge is -1.98. The molecule has 15 heavy (non-hydrogen) atoms. The molecule has 0 fully saturated rings. The van der Waals surface area contributed by atoms with Crippen LogP contribution in [0.5, 0.6) is 0 Å². The van der Waals surface area contributed by atoms with E-state index < -0.39 is 0 Å². The van der Waals surface area contributed by atoms with Gasteiger partial charge < -0.3 is 14.3 Å². The number of aromatic nitrogens is 3. The first kappa shape index (κ1) is 9.85. The smallest absolute Gasteiger partial charge is 0.227 e. The van der Waals surface area contributed by atoms with Crippen molar-refractivity contribution in [2.75, 3.05) is 6.54 Å². The summed E-state index contributed by atoms with van der Waals surface area (Å²) in [5.41, 5.74) is 0. The highest BCUT2D eigenvalue weighted by Crippen LogP contribution is 1.97. The molecule has 0 saturated carbocycles. The fraction of sp³-hybridized carbons (Fsp3) is 0.444. The third kappa shape index (κ3) is 2.88. The number of hydrogen-bond acceptors (Lipinski definition) is 6. The number of rotatable bonds is 5. The number of oxazole rings is 1. The summed E-state index contributed by atoms with van der Waals surface area (Å²) in [6, 6.07) is 0. The Morgan fingerprint density at radius 3 is 3.07 bits per heavy atom. The van der Waals surface area contributed by atoms with Gasteiger partial charge in [0, 0.05) is 13.0 Å². The fourth-order valence-corrected chi connectivity index (χ4v) is 1.18. The van der Waals surface area contributed by atoms with Gasteiger partial charge in [0.05, 0.1) is 12.7 Å². The first-order valence-corrected chi connectivity index (χ1v) is 4.72. The molecule has 0 amide bonds. The first-order chi connectivity index (χ1) is 7.34. The van der Waals surface area contributed by atoms with Crippen LogP contribution < -0.4 is 5.32 Å². The van der Waals surface area contributed by atoms with Gasteiger partial charge in [-0.2, -0.15) is 4.98 Å². The Morgan fingerprint density at radius 2 is 2.40 bits per heavy atom. The van der Waals surface area contributed by atoms with Crippen LogP contribution in [-0.2, 0) is 13.0 Å². The van der Waals surface area contributed by atoms with Gasteiger partial charge in [-0.05, 0) is 6.92 Å². The second kappa shape index (κ2) is 4.70. The molecule has 0 bridgehead atoms. The zero-order valence-electron chi connectivity index (χ0n) is 8.43.